The Balaban J connectivity index is 1.11. The second-order valence-corrected chi connectivity index (χ2v) is 17.7. The minimum atomic E-state index is -0.298. The lowest BCUT2D eigenvalue weighted by Gasteiger charge is -2.35. The number of fused-ring (bicyclic) bond motifs is 7. The van der Waals surface area contributed by atoms with Crippen LogP contribution in [-0.2, 0) is 10.8 Å². The van der Waals surface area contributed by atoms with Crippen LogP contribution in [0.4, 0.5) is 0 Å². The fraction of sp³-hybridized carbons (Fsp3) is 0.105. The summed E-state index contributed by atoms with van der Waals surface area (Å²) in [7, 11) is 0. The van der Waals surface area contributed by atoms with Crippen molar-refractivity contribution < 1.29 is 18.9 Å². The fourth-order valence-corrected chi connectivity index (χ4v) is 9.72. The quantitative estimate of drug-likeness (QED) is 0.173. The second kappa shape index (κ2) is 13.8. The highest BCUT2D eigenvalue weighted by atomic mass is 16.5. The number of furan rings is 1. The van der Waals surface area contributed by atoms with E-state index in [4.69, 9.17) is 23.9 Å². The first-order valence-electron chi connectivity index (χ1n) is 21.5. The van der Waals surface area contributed by atoms with Crippen LogP contribution in [0.3, 0.4) is 0 Å². The minimum absolute atomic E-state index is 0.279. The largest absolute Gasteiger partial charge is 0.457 e. The summed E-state index contributed by atoms with van der Waals surface area (Å²) in [6, 6.07) is 61.0. The van der Waals surface area contributed by atoms with Crippen molar-refractivity contribution in [3.8, 4) is 79.4 Å². The van der Waals surface area contributed by atoms with Crippen LogP contribution in [-0.4, -0.2) is 9.97 Å². The Morgan fingerprint density at radius 2 is 0.968 bits per heavy atom. The number of para-hydroxylation sites is 2. The number of ether oxygens (including phenoxy) is 2. The zero-order valence-electron chi connectivity index (χ0n) is 35.4. The van der Waals surface area contributed by atoms with E-state index < -0.39 is 0 Å². The first-order valence-corrected chi connectivity index (χ1v) is 21.5. The number of aromatic amines is 1. The monoisotopic (exact) mass is 816 g/mol. The number of nitrogens with one attached hydrogen (secondary N) is 1. The Bertz CT molecular complexity index is 3400. The fourth-order valence-electron chi connectivity index (χ4n) is 9.72. The zero-order valence-corrected chi connectivity index (χ0v) is 35.4. The molecule has 1 N–H and O–H groups in total. The molecule has 0 aliphatic carbocycles. The number of nitrogens with zero attached hydrogens (tertiary/aromatic N) is 2. The van der Waals surface area contributed by atoms with E-state index in [1.165, 1.54) is 5.56 Å². The average Bonchev–Trinajstić information content (AvgIpc) is 3.71. The molecule has 0 radical (unpaired) electrons. The summed E-state index contributed by atoms with van der Waals surface area (Å²) >= 11 is 0. The molecule has 2 aromatic heterocycles. The molecule has 6 heteroatoms. The van der Waals surface area contributed by atoms with Crippen molar-refractivity contribution in [2.75, 3.05) is 0 Å². The molecule has 0 saturated heterocycles. The van der Waals surface area contributed by atoms with E-state index in [0.717, 1.165) is 106 Å². The van der Waals surface area contributed by atoms with Gasteiger partial charge in [-0.05, 0) is 102 Å². The number of hydrogen-bond donors (Lipinski definition) is 0. The third-order valence-electron chi connectivity index (χ3n) is 13.1. The summed E-state index contributed by atoms with van der Waals surface area (Å²) in [6.45, 7) is 9.11. The molecule has 302 valence electrons. The molecule has 4 heterocycles. The van der Waals surface area contributed by atoms with Gasteiger partial charge in [-0.25, -0.2) is 4.98 Å². The summed E-state index contributed by atoms with van der Waals surface area (Å²) in [6.07, 6.45) is 0. The lowest BCUT2D eigenvalue weighted by Crippen LogP contribution is -2.24. The van der Waals surface area contributed by atoms with Crippen molar-refractivity contribution in [1.82, 2.24) is 9.97 Å². The van der Waals surface area contributed by atoms with E-state index in [9.17, 15) is 0 Å². The van der Waals surface area contributed by atoms with E-state index in [1.54, 1.807) is 0 Å². The molecule has 0 amide bonds. The predicted octanol–water partition coefficient (Wildman–Crippen LogP) is 14.4. The Labute approximate surface area is 365 Å². The third kappa shape index (κ3) is 5.89. The molecule has 0 fully saturated rings. The second-order valence-electron chi connectivity index (χ2n) is 17.7. The topological polar surface area (TPSA) is 71.5 Å². The predicted molar refractivity (Wildman–Crippen MR) is 250 cm³/mol. The molecule has 6 nitrogen and oxygen atoms in total. The molecule has 0 spiro atoms. The van der Waals surface area contributed by atoms with Gasteiger partial charge in [0, 0.05) is 49.4 Å². The smallest absolute Gasteiger partial charge is 0.308 e. The van der Waals surface area contributed by atoms with Crippen LogP contribution >= 0.6 is 0 Å². The molecule has 0 unspecified atom stereocenters. The van der Waals surface area contributed by atoms with Gasteiger partial charge < -0.3 is 13.9 Å². The summed E-state index contributed by atoms with van der Waals surface area (Å²) in [5, 5.41) is 1.95. The van der Waals surface area contributed by atoms with Gasteiger partial charge in [0.05, 0.1) is 16.7 Å². The first-order chi connectivity index (χ1) is 30.7. The number of hydrogen-bond acceptors (Lipinski definition) is 5. The van der Waals surface area contributed by atoms with Crippen LogP contribution in [0.1, 0.15) is 49.9 Å². The molecule has 0 bridgehead atoms. The standard InChI is InChI=1S/C57H41N3O3/c1-56(2)42-21-11-13-23-46(42)61-48-28-26-36(32-44(48)56)38-30-40(37-27-29-49-45(33-37)57(3,4)43-22-12-14-24-47(43)62-49)52-41(31-38)51-39(20-15-25-50(51)63-52)55-59-53(34-16-7-5-8-17-34)58-54(60-55)35-18-9-6-10-19-35/h5-33H,1-4H3/p+1. The number of H-pyrrole nitrogens is 1. The molecule has 2 aliphatic rings. The highest BCUT2D eigenvalue weighted by Crippen LogP contribution is 2.52. The minimum Gasteiger partial charge on any atom is -0.457 e. The van der Waals surface area contributed by atoms with Gasteiger partial charge in [0.25, 0.3) is 11.6 Å². The van der Waals surface area contributed by atoms with Crippen LogP contribution < -0.4 is 14.5 Å². The van der Waals surface area contributed by atoms with E-state index in [0.29, 0.717) is 11.6 Å². The van der Waals surface area contributed by atoms with Gasteiger partial charge in [-0.1, -0.05) is 129 Å². The molecule has 63 heavy (non-hydrogen) atoms. The maximum Gasteiger partial charge on any atom is 0.308 e. The van der Waals surface area contributed by atoms with Gasteiger partial charge in [0.1, 0.15) is 34.2 Å². The van der Waals surface area contributed by atoms with E-state index >= 15 is 0 Å². The average molecular weight is 817 g/mol. The van der Waals surface area contributed by atoms with Gasteiger partial charge in [-0.15, -0.1) is 0 Å². The van der Waals surface area contributed by atoms with Gasteiger partial charge in [0.15, 0.2) is 0 Å². The number of aromatic nitrogens is 3. The van der Waals surface area contributed by atoms with Crippen LogP contribution in [0, 0.1) is 0 Å². The Morgan fingerprint density at radius 1 is 0.413 bits per heavy atom. The van der Waals surface area contributed by atoms with Gasteiger partial charge in [-0.3, -0.25) is 0 Å². The van der Waals surface area contributed by atoms with Gasteiger partial charge in [0.2, 0.25) is 0 Å². The number of rotatable bonds is 5. The lowest BCUT2D eigenvalue weighted by molar-refractivity contribution is -0.359. The summed E-state index contributed by atoms with van der Waals surface area (Å²) in [5.74, 6) is 5.59. The molecule has 0 atom stereocenters. The zero-order chi connectivity index (χ0) is 42.5. The summed E-state index contributed by atoms with van der Waals surface area (Å²) < 4.78 is 20.1. The van der Waals surface area contributed by atoms with Gasteiger partial charge in [-0.2, -0.15) is 0 Å². The van der Waals surface area contributed by atoms with Crippen molar-refractivity contribution in [3.63, 3.8) is 0 Å². The van der Waals surface area contributed by atoms with Crippen molar-refractivity contribution in [2.45, 2.75) is 38.5 Å². The highest BCUT2D eigenvalue weighted by Gasteiger charge is 2.36. The maximum absolute atomic E-state index is 7.03. The van der Waals surface area contributed by atoms with Crippen molar-refractivity contribution in [3.05, 3.63) is 198 Å². The maximum atomic E-state index is 7.03. The van der Waals surface area contributed by atoms with Crippen LogP contribution in [0.2, 0.25) is 0 Å². The van der Waals surface area contributed by atoms with Gasteiger partial charge >= 0.3 is 5.82 Å². The Hall–Kier alpha value is -7.83. The SMILES string of the molecule is CC1(C)c2ccccc2Oc2ccc(-c3cc(-c4ccc5c(c4)C(C)(C)c4ccccc4O5)c4oc5cccc(-c6nc(-c7ccccc7)nc(-c7ccccc7)[nH+]6)c5c4c3)cc21. The van der Waals surface area contributed by atoms with Crippen molar-refractivity contribution in [1.29, 1.82) is 0 Å². The van der Waals surface area contributed by atoms with Crippen molar-refractivity contribution in [2.24, 2.45) is 0 Å². The highest BCUT2D eigenvalue weighted by molar-refractivity contribution is 6.16. The molecule has 0 saturated carbocycles. The Morgan fingerprint density at radius 3 is 1.63 bits per heavy atom. The van der Waals surface area contributed by atoms with Crippen LogP contribution in [0.5, 0.6) is 23.0 Å². The van der Waals surface area contributed by atoms with E-state index in [1.807, 2.05) is 66.7 Å². The van der Waals surface area contributed by atoms with Crippen molar-refractivity contribution >= 4 is 21.9 Å². The number of benzene rings is 8. The van der Waals surface area contributed by atoms with Crippen LogP contribution in [0.25, 0.3) is 78.4 Å². The lowest BCUT2D eigenvalue weighted by atomic mass is 9.74. The molecule has 10 aromatic rings. The molecule has 8 aromatic carbocycles. The normalized spacial score (nSPS) is 14.2. The summed E-state index contributed by atoms with van der Waals surface area (Å²) in [5.41, 5.74) is 12.6. The molecule has 2 aliphatic heterocycles. The first kappa shape index (κ1) is 37.0. The molecular weight excluding hydrogens is 775 g/mol. The van der Waals surface area contributed by atoms with Crippen LogP contribution in [0.15, 0.2) is 180 Å². The molecule has 12 rings (SSSR count). The molecular formula is C57H42N3O3+. The van der Waals surface area contributed by atoms with E-state index in [2.05, 4.69) is 142 Å². The Kier molecular flexibility index (Phi) is 8.13. The van der Waals surface area contributed by atoms with E-state index in [-0.39, 0.29) is 10.8 Å². The third-order valence-corrected chi connectivity index (χ3v) is 13.1. The summed E-state index contributed by atoms with van der Waals surface area (Å²) in [4.78, 5) is 13.9.